The number of benzene rings is 1. The first-order valence-corrected chi connectivity index (χ1v) is 5.59. The molecule has 0 aromatic heterocycles. The number of carbonyl (C=O) groups is 1. The molecule has 0 aliphatic heterocycles. The number of aliphatic carboxylic acids is 1. The quantitative estimate of drug-likeness (QED) is 0.689. The first-order valence-electron chi connectivity index (χ1n) is 5.59. The number of hydrogen-bond donors (Lipinski definition) is 3. The maximum absolute atomic E-state index is 13.5. The van der Waals surface area contributed by atoms with Gasteiger partial charge in [-0.1, -0.05) is 0 Å². The molecule has 18 heavy (non-hydrogen) atoms. The van der Waals surface area contributed by atoms with Gasteiger partial charge < -0.3 is 20.3 Å². The Labute approximate surface area is 104 Å². The van der Waals surface area contributed by atoms with E-state index in [1.807, 2.05) is 0 Å². The highest BCUT2D eigenvalue weighted by atomic mass is 19.1. The summed E-state index contributed by atoms with van der Waals surface area (Å²) in [6.07, 6.45) is -1.37. The number of carboxylic acid groups (broad SMARTS) is 1. The Balaban J connectivity index is 2.53. The molecule has 100 valence electrons. The number of halogens is 1. The summed E-state index contributed by atoms with van der Waals surface area (Å²) in [6.45, 7) is 2.18. The molecule has 1 rings (SSSR count). The van der Waals surface area contributed by atoms with Gasteiger partial charge >= 0.3 is 5.97 Å². The van der Waals surface area contributed by atoms with Crippen molar-refractivity contribution in [2.75, 3.05) is 18.5 Å². The maximum Gasteiger partial charge on any atom is 0.306 e. The maximum atomic E-state index is 13.5. The first kappa shape index (κ1) is 14.2. The lowest BCUT2D eigenvalue weighted by molar-refractivity contribution is -0.138. The molecule has 0 aliphatic rings. The van der Waals surface area contributed by atoms with Crippen molar-refractivity contribution in [3.8, 4) is 5.75 Å². The van der Waals surface area contributed by atoms with Crippen LogP contribution in [0.25, 0.3) is 0 Å². The molecule has 0 radical (unpaired) electrons. The molecule has 0 saturated carbocycles. The highest BCUT2D eigenvalue weighted by Crippen LogP contribution is 2.21. The molecule has 6 heteroatoms. The minimum absolute atomic E-state index is 0.0414. The Morgan fingerprint density at radius 2 is 2.28 bits per heavy atom. The number of aliphatic hydroxyl groups is 1. The molecule has 0 saturated heterocycles. The van der Waals surface area contributed by atoms with E-state index in [1.165, 1.54) is 12.1 Å². The van der Waals surface area contributed by atoms with Crippen LogP contribution in [0.3, 0.4) is 0 Å². The number of carboxylic acids is 1. The zero-order valence-corrected chi connectivity index (χ0v) is 10.0. The summed E-state index contributed by atoms with van der Waals surface area (Å²) in [6, 6.07) is 4.31. The summed E-state index contributed by atoms with van der Waals surface area (Å²) in [5.41, 5.74) is 0.459. The van der Waals surface area contributed by atoms with Crippen LogP contribution in [-0.2, 0) is 4.79 Å². The zero-order valence-electron chi connectivity index (χ0n) is 10.0. The minimum Gasteiger partial charge on any atom is -0.491 e. The van der Waals surface area contributed by atoms with E-state index >= 15 is 0 Å². The van der Waals surface area contributed by atoms with Crippen LogP contribution in [0.1, 0.15) is 13.3 Å². The van der Waals surface area contributed by atoms with Crippen LogP contribution in [0.5, 0.6) is 5.75 Å². The third-order valence-electron chi connectivity index (χ3n) is 2.18. The number of rotatable bonds is 7. The van der Waals surface area contributed by atoms with E-state index in [0.717, 1.165) is 0 Å². The second kappa shape index (κ2) is 6.80. The monoisotopic (exact) mass is 257 g/mol. The zero-order chi connectivity index (χ0) is 13.5. The third-order valence-corrected chi connectivity index (χ3v) is 2.18. The molecule has 0 heterocycles. The summed E-state index contributed by atoms with van der Waals surface area (Å²) in [5.74, 6) is -1.43. The average molecular weight is 257 g/mol. The van der Waals surface area contributed by atoms with Crippen molar-refractivity contribution in [3.05, 3.63) is 24.0 Å². The highest BCUT2D eigenvalue weighted by molar-refractivity contribution is 5.67. The largest absolute Gasteiger partial charge is 0.491 e. The van der Waals surface area contributed by atoms with Crippen molar-refractivity contribution in [2.45, 2.75) is 19.4 Å². The summed E-state index contributed by atoms with van der Waals surface area (Å²) in [5, 5.41) is 20.5. The topological polar surface area (TPSA) is 78.8 Å². The van der Waals surface area contributed by atoms with Gasteiger partial charge in [-0.2, -0.15) is 0 Å². The fourth-order valence-corrected chi connectivity index (χ4v) is 1.39. The van der Waals surface area contributed by atoms with Crippen LogP contribution in [0.4, 0.5) is 10.1 Å². The van der Waals surface area contributed by atoms with Gasteiger partial charge in [0.15, 0.2) is 11.6 Å². The van der Waals surface area contributed by atoms with E-state index in [1.54, 1.807) is 13.0 Å². The average Bonchev–Trinajstić information content (AvgIpc) is 2.29. The molecule has 0 spiro atoms. The number of hydrogen-bond acceptors (Lipinski definition) is 4. The molecular weight excluding hydrogens is 241 g/mol. The molecule has 1 atom stereocenters. The van der Waals surface area contributed by atoms with Crippen LogP contribution in [0.15, 0.2) is 18.2 Å². The Bertz CT molecular complexity index is 411. The van der Waals surface area contributed by atoms with E-state index in [4.69, 9.17) is 9.84 Å². The third kappa shape index (κ3) is 4.58. The Morgan fingerprint density at radius 1 is 1.56 bits per heavy atom. The van der Waals surface area contributed by atoms with Crippen molar-refractivity contribution in [2.24, 2.45) is 0 Å². The Hall–Kier alpha value is -1.82. The fourth-order valence-electron chi connectivity index (χ4n) is 1.39. The van der Waals surface area contributed by atoms with Gasteiger partial charge in [-0.05, 0) is 19.1 Å². The van der Waals surface area contributed by atoms with Crippen LogP contribution >= 0.6 is 0 Å². The number of aliphatic hydroxyl groups excluding tert-OH is 1. The van der Waals surface area contributed by atoms with Crippen molar-refractivity contribution >= 4 is 11.7 Å². The smallest absolute Gasteiger partial charge is 0.306 e. The fraction of sp³-hybridized carbons (Fsp3) is 0.417. The van der Waals surface area contributed by atoms with Gasteiger partial charge in [0.05, 0.1) is 19.1 Å². The summed E-state index contributed by atoms with van der Waals surface area (Å²) >= 11 is 0. The normalized spacial score (nSPS) is 11.9. The lowest BCUT2D eigenvalue weighted by Gasteiger charge is -2.12. The molecule has 1 aromatic carbocycles. The van der Waals surface area contributed by atoms with E-state index in [2.05, 4.69) is 5.32 Å². The molecule has 5 nitrogen and oxygen atoms in total. The number of ether oxygens (including phenoxy) is 1. The lowest BCUT2D eigenvalue weighted by Crippen LogP contribution is -2.22. The highest BCUT2D eigenvalue weighted by Gasteiger charge is 2.10. The molecule has 3 N–H and O–H groups in total. The number of anilines is 1. The van der Waals surface area contributed by atoms with Gasteiger partial charge in [-0.25, -0.2) is 4.39 Å². The van der Waals surface area contributed by atoms with Crippen LogP contribution < -0.4 is 10.1 Å². The standard InChI is InChI=1S/C12H16FNO4/c1-2-18-11-4-3-8(5-10(11)13)14-7-9(15)6-12(16)17/h3-5,9,14-15H,2,6-7H2,1H3,(H,16,17). The van der Waals surface area contributed by atoms with E-state index < -0.39 is 17.9 Å². The second-order valence-electron chi connectivity index (χ2n) is 3.71. The number of nitrogens with one attached hydrogen (secondary N) is 1. The predicted molar refractivity (Wildman–Crippen MR) is 64.3 cm³/mol. The van der Waals surface area contributed by atoms with Crippen LogP contribution in [0, 0.1) is 5.82 Å². The van der Waals surface area contributed by atoms with Crippen LogP contribution in [0.2, 0.25) is 0 Å². The van der Waals surface area contributed by atoms with E-state index in [-0.39, 0.29) is 18.7 Å². The van der Waals surface area contributed by atoms with Crippen molar-refractivity contribution in [1.82, 2.24) is 0 Å². The first-order chi connectivity index (χ1) is 8.52. The van der Waals surface area contributed by atoms with E-state index in [0.29, 0.717) is 12.3 Å². The van der Waals surface area contributed by atoms with Gasteiger partial charge in [0.25, 0.3) is 0 Å². The Morgan fingerprint density at radius 3 is 2.83 bits per heavy atom. The molecule has 0 bridgehead atoms. The second-order valence-corrected chi connectivity index (χ2v) is 3.71. The molecule has 0 amide bonds. The van der Waals surface area contributed by atoms with E-state index in [9.17, 15) is 14.3 Å². The van der Waals surface area contributed by atoms with Crippen LogP contribution in [-0.4, -0.2) is 35.4 Å². The molecular formula is C12H16FNO4. The summed E-state index contributed by atoms with van der Waals surface area (Å²) in [7, 11) is 0. The van der Waals surface area contributed by atoms with Gasteiger partial charge in [-0.15, -0.1) is 0 Å². The molecule has 0 fully saturated rings. The molecule has 0 aliphatic carbocycles. The van der Waals surface area contributed by atoms with Crippen molar-refractivity contribution in [3.63, 3.8) is 0 Å². The van der Waals surface area contributed by atoms with Crippen molar-refractivity contribution in [1.29, 1.82) is 0 Å². The van der Waals surface area contributed by atoms with Crippen molar-refractivity contribution < 1.29 is 24.1 Å². The minimum atomic E-state index is -1.08. The summed E-state index contributed by atoms with van der Waals surface area (Å²) < 4.78 is 18.5. The lowest BCUT2D eigenvalue weighted by atomic mass is 10.2. The molecule has 1 unspecified atom stereocenters. The van der Waals surface area contributed by atoms with Gasteiger partial charge in [0.2, 0.25) is 0 Å². The van der Waals surface area contributed by atoms with Gasteiger partial charge in [0.1, 0.15) is 0 Å². The summed E-state index contributed by atoms with van der Waals surface area (Å²) in [4.78, 5) is 10.3. The SMILES string of the molecule is CCOc1ccc(NCC(O)CC(=O)O)cc1F. The predicted octanol–water partition coefficient (Wildman–Crippen LogP) is 1.47. The van der Waals surface area contributed by atoms with Gasteiger partial charge in [-0.3, -0.25) is 4.79 Å². The molecule has 1 aromatic rings. The Kier molecular flexibility index (Phi) is 5.38. The van der Waals surface area contributed by atoms with Gasteiger partial charge in [0, 0.05) is 18.3 Å².